The highest BCUT2D eigenvalue weighted by Gasteiger charge is 2.31. The number of carbonyl (C=O) groups excluding carboxylic acids is 1. The van der Waals surface area contributed by atoms with E-state index >= 15 is 0 Å². The number of piperazine rings is 1. The van der Waals surface area contributed by atoms with Gasteiger partial charge < -0.3 is 24.4 Å². The van der Waals surface area contributed by atoms with Crippen molar-refractivity contribution >= 4 is 16.9 Å². The zero-order chi connectivity index (χ0) is 25.7. The average Bonchev–Trinajstić information content (AvgIpc) is 3.56. The van der Waals surface area contributed by atoms with Crippen molar-refractivity contribution in [3.63, 3.8) is 0 Å². The van der Waals surface area contributed by atoms with Gasteiger partial charge in [0.25, 0.3) is 0 Å². The van der Waals surface area contributed by atoms with E-state index in [1.807, 2.05) is 21.9 Å². The summed E-state index contributed by atoms with van der Waals surface area (Å²) in [4.78, 5) is 27.0. The molecule has 0 spiro atoms. The number of hydrogen-bond acceptors (Lipinski definition) is 5. The normalized spacial score (nSPS) is 16.9. The van der Waals surface area contributed by atoms with Crippen molar-refractivity contribution in [2.75, 3.05) is 33.2 Å². The lowest BCUT2D eigenvalue weighted by molar-refractivity contribution is 0.121. The second kappa shape index (κ2) is 9.15. The lowest BCUT2D eigenvalue weighted by atomic mass is 10.1. The van der Waals surface area contributed by atoms with Crippen LogP contribution < -0.4 is 4.74 Å². The van der Waals surface area contributed by atoms with Crippen LogP contribution in [0.4, 0.5) is 13.6 Å². The molecule has 0 bridgehead atoms. The van der Waals surface area contributed by atoms with Crippen LogP contribution >= 0.6 is 0 Å². The first-order chi connectivity index (χ1) is 17.8. The first-order valence-corrected chi connectivity index (χ1v) is 12.3. The maximum absolute atomic E-state index is 13.6. The van der Waals surface area contributed by atoms with Gasteiger partial charge in [-0.05, 0) is 49.9 Å². The molecule has 1 unspecified atom stereocenters. The number of likely N-dealkylation sites (N-methyl/N-ethyl adjacent to an activating group) is 1. The van der Waals surface area contributed by atoms with E-state index in [0.717, 1.165) is 54.5 Å². The van der Waals surface area contributed by atoms with Gasteiger partial charge in [-0.15, -0.1) is 0 Å². The van der Waals surface area contributed by atoms with Crippen LogP contribution in [0.3, 0.4) is 0 Å². The van der Waals surface area contributed by atoms with Crippen molar-refractivity contribution < 1.29 is 18.3 Å². The third-order valence-electron chi connectivity index (χ3n) is 7.02. The summed E-state index contributed by atoms with van der Waals surface area (Å²) in [5.41, 5.74) is 3.58. The monoisotopic (exact) mass is 507 g/mol. The summed E-state index contributed by atoms with van der Waals surface area (Å²) >= 11 is 0. The maximum atomic E-state index is 13.6. The minimum absolute atomic E-state index is 0.0420. The van der Waals surface area contributed by atoms with Crippen LogP contribution in [0.1, 0.15) is 30.0 Å². The van der Waals surface area contributed by atoms with Gasteiger partial charge in [-0.2, -0.15) is 5.10 Å². The predicted molar refractivity (Wildman–Crippen MR) is 133 cm³/mol. The lowest BCUT2D eigenvalue weighted by Crippen LogP contribution is -2.50. The van der Waals surface area contributed by atoms with Crippen molar-refractivity contribution in [3.8, 4) is 17.3 Å². The number of aromatic amines is 2. The summed E-state index contributed by atoms with van der Waals surface area (Å²) < 4.78 is 33.3. The zero-order valence-electron chi connectivity index (χ0n) is 20.6. The molecule has 2 aromatic heterocycles. The second-order valence-electron chi connectivity index (χ2n) is 9.68. The summed E-state index contributed by atoms with van der Waals surface area (Å²) in [6.07, 6.45) is -0.561. The number of amides is 2. The van der Waals surface area contributed by atoms with Gasteiger partial charge in [-0.1, -0.05) is 0 Å². The molecule has 1 atom stereocenters. The molecule has 1 fully saturated rings. The Kier molecular flexibility index (Phi) is 5.79. The van der Waals surface area contributed by atoms with Crippen molar-refractivity contribution in [2.45, 2.75) is 26.1 Å². The molecule has 192 valence electrons. The first-order valence-electron chi connectivity index (χ1n) is 12.3. The van der Waals surface area contributed by atoms with Crippen LogP contribution in [-0.2, 0) is 13.1 Å². The fourth-order valence-corrected chi connectivity index (χ4v) is 4.91. The van der Waals surface area contributed by atoms with E-state index in [1.165, 1.54) is 12.1 Å². The van der Waals surface area contributed by atoms with E-state index in [9.17, 15) is 13.6 Å². The third kappa shape index (κ3) is 4.50. The molecule has 0 aliphatic carbocycles. The molecular formula is C26H27F2N7O2. The number of urea groups is 1. The highest BCUT2D eigenvalue weighted by atomic mass is 19.1. The molecule has 4 heterocycles. The van der Waals surface area contributed by atoms with Gasteiger partial charge in [-0.3, -0.25) is 5.10 Å². The minimum Gasteiger partial charge on any atom is -0.486 e. The van der Waals surface area contributed by atoms with E-state index in [2.05, 4.69) is 27.1 Å². The Morgan fingerprint density at radius 2 is 1.78 bits per heavy atom. The Hall–Kier alpha value is -3.99. The number of H-pyrrole nitrogens is 2. The fraction of sp³-hybridized carbons (Fsp3) is 0.346. The van der Waals surface area contributed by atoms with Crippen LogP contribution in [0.15, 0.2) is 36.4 Å². The molecule has 2 N–H and O–H groups in total. The maximum Gasteiger partial charge on any atom is 0.320 e. The number of benzene rings is 2. The van der Waals surface area contributed by atoms with Crippen LogP contribution in [-0.4, -0.2) is 74.1 Å². The Balaban J connectivity index is 1.19. The number of imidazole rings is 1. The number of carbonyl (C=O) groups is 1. The molecule has 2 amide bonds. The number of halogens is 2. The molecule has 0 saturated carbocycles. The van der Waals surface area contributed by atoms with E-state index < -0.39 is 17.7 Å². The van der Waals surface area contributed by atoms with Gasteiger partial charge in [0.05, 0.1) is 30.0 Å². The molecule has 2 aliphatic rings. The van der Waals surface area contributed by atoms with Crippen molar-refractivity contribution in [1.82, 2.24) is 34.9 Å². The average molecular weight is 508 g/mol. The Bertz CT molecular complexity index is 1430. The van der Waals surface area contributed by atoms with Gasteiger partial charge in [0.2, 0.25) is 0 Å². The Morgan fingerprint density at radius 1 is 1.03 bits per heavy atom. The van der Waals surface area contributed by atoms with Crippen LogP contribution in [0, 0.1) is 11.6 Å². The number of ether oxygens (including phenoxy) is 1. The summed E-state index contributed by atoms with van der Waals surface area (Å²) in [6.45, 7) is 5.89. The number of nitrogens with zero attached hydrogens (tertiary/aromatic N) is 5. The molecule has 2 aromatic carbocycles. The van der Waals surface area contributed by atoms with Gasteiger partial charge in [0.1, 0.15) is 29.2 Å². The van der Waals surface area contributed by atoms with Gasteiger partial charge in [0.15, 0.2) is 5.82 Å². The summed E-state index contributed by atoms with van der Waals surface area (Å²) in [5.74, 6) is -0.143. The number of hydrogen-bond donors (Lipinski definition) is 2. The molecule has 6 rings (SSSR count). The molecule has 0 radical (unpaired) electrons. The third-order valence-corrected chi connectivity index (χ3v) is 7.02. The number of rotatable bonds is 4. The Labute approximate surface area is 212 Å². The molecule has 11 heteroatoms. The zero-order valence-corrected chi connectivity index (χ0v) is 20.6. The predicted octanol–water partition coefficient (Wildman–Crippen LogP) is 4.05. The SMILES string of the molecule is CC(Oc1ccc2[nH]nc(-c3nc4c([nH]3)CN(C(=O)N3CCN(C)CC3)C4)c2c1)c1cc(F)cc(F)c1. The van der Waals surface area contributed by atoms with Crippen molar-refractivity contribution in [1.29, 1.82) is 0 Å². The van der Waals surface area contributed by atoms with Crippen molar-refractivity contribution in [2.24, 2.45) is 0 Å². The number of aromatic nitrogens is 4. The Morgan fingerprint density at radius 3 is 2.51 bits per heavy atom. The highest BCUT2D eigenvalue weighted by molar-refractivity contribution is 5.92. The second-order valence-corrected chi connectivity index (χ2v) is 9.68. The highest BCUT2D eigenvalue weighted by Crippen LogP contribution is 2.32. The van der Waals surface area contributed by atoms with Gasteiger partial charge in [0, 0.05) is 37.6 Å². The smallest absolute Gasteiger partial charge is 0.320 e. The molecule has 9 nitrogen and oxygen atoms in total. The van der Waals surface area contributed by atoms with Gasteiger partial charge >= 0.3 is 6.03 Å². The van der Waals surface area contributed by atoms with E-state index in [-0.39, 0.29) is 6.03 Å². The summed E-state index contributed by atoms with van der Waals surface area (Å²) in [7, 11) is 2.06. The van der Waals surface area contributed by atoms with Crippen LogP contribution in [0.25, 0.3) is 22.4 Å². The summed E-state index contributed by atoms with van der Waals surface area (Å²) in [5, 5.41) is 8.26. The van der Waals surface area contributed by atoms with E-state index in [1.54, 1.807) is 13.0 Å². The van der Waals surface area contributed by atoms with Crippen LogP contribution in [0.5, 0.6) is 5.75 Å². The quantitative estimate of drug-likeness (QED) is 0.435. The van der Waals surface area contributed by atoms with E-state index in [4.69, 9.17) is 9.72 Å². The van der Waals surface area contributed by atoms with Gasteiger partial charge in [-0.25, -0.2) is 18.6 Å². The standard InChI is InChI=1S/C26H27F2N7O2/c1-15(16-9-17(27)11-18(28)10-16)37-19-3-4-21-20(12-19)24(32-31-21)25-29-22-13-35(14-23(22)30-25)26(36)34-7-5-33(2)6-8-34/h3-4,9-12,15H,5-8,13-14H2,1-2H3,(H,29,30)(H,31,32). The molecule has 1 saturated heterocycles. The molecular weight excluding hydrogens is 480 g/mol. The lowest BCUT2D eigenvalue weighted by Gasteiger charge is -2.34. The number of fused-ring (bicyclic) bond motifs is 2. The summed E-state index contributed by atoms with van der Waals surface area (Å²) in [6, 6.07) is 8.85. The number of nitrogens with one attached hydrogen (secondary N) is 2. The van der Waals surface area contributed by atoms with E-state index in [0.29, 0.717) is 35.9 Å². The first kappa shape index (κ1) is 23.4. The fourth-order valence-electron chi connectivity index (χ4n) is 4.91. The van der Waals surface area contributed by atoms with Crippen molar-refractivity contribution in [3.05, 3.63) is 65.0 Å². The topological polar surface area (TPSA) is 93.4 Å². The van der Waals surface area contributed by atoms with Crippen LogP contribution in [0.2, 0.25) is 0 Å². The largest absolute Gasteiger partial charge is 0.486 e. The molecule has 37 heavy (non-hydrogen) atoms. The molecule has 2 aliphatic heterocycles. The molecule has 4 aromatic rings. The minimum atomic E-state index is -0.646.